The summed E-state index contributed by atoms with van der Waals surface area (Å²) in [7, 11) is 0. The maximum Gasteiger partial charge on any atom is 0.252 e. The van der Waals surface area contributed by atoms with E-state index < -0.39 is 0 Å². The van der Waals surface area contributed by atoms with E-state index in [1.54, 1.807) is 0 Å². The Hall–Kier alpha value is -1.81. The number of carbonyl (C=O) groups is 1. The molecule has 0 aliphatic rings. The van der Waals surface area contributed by atoms with Crippen LogP contribution in [0.1, 0.15) is 28.9 Å². The van der Waals surface area contributed by atoms with Crippen molar-refractivity contribution in [1.29, 1.82) is 0 Å². The zero-order valence-electron chi connectivity index (χ0n) is 9.51. The Balaban J connectivity index is 2.07. The highest BCUT2D eigenvalue weighted by molar-refractivity contribution is 7.08. The average molecular weight is 246 g/mol. The van der Waals surface area contributed by atoms with Crippen LogP contribution in [0.2, 0.25) is 0 Å². The number of nitrogens with one attached hydrogen (secondary N) is 1. The fraction of sp³-hybridized carbons (Fsp3) is 0.154. The summed E-state index contributed by atoms with van der Waals surface area (Å²) >= 11 is 1.51. The molecule has 0 aliphatic heterocycles. The lowest BCUT2D eigenvalue weighted by molar-refractivity contribution is 0.0940. The summed E-state index contributed by atoms with van der Waals surface area (Å²) in [4.78, 5) is 11.8. The van der Waals surface area contributed by atoms with E-state index >= 15 is 0 Å². The molecule has 1 aromatic heterocycles. The molecule has 0 saturated heterocycles. The van der Waals surface area contributed by atoms with Gasteiger partial charge in [0.15, 0.2) is 0 Å². The number of nitrogen functional groups attached to an aromatic ring is 1. The van der Waals surface area contributed by atoms with Crippen molar-refractivity contribution in [2.45, 2.75) is 13.0 Å². The number of amides is 1. The predicted octanol–water partition coefficient (Wildman–Crippen LogP) is 2.82. The second-order valence-corrected chi connectivity index (χ2v) is 4.66. The summed E-state index contributed by atoms with van der Waals surface area (Å²) in [5.41, 5.74) is 8.13. The summed E-state index contributed by atoms with van der Waals surface area (Å²) < 4.78 is 0. The highest BCUT2D eigenvalue weighted by atomic mass is 32.1. The zero-order valence-corrected chi connectivity index (χ0v) is 10.3. The predicted molar refractivity (Wildman–Crippen MR) is 71.1 cm³/mol. The van der Waals surface area contributed by atoms with Crippen molar-refractivity contribution in [3.63, 3.8) is 0 Å². The van der Waals surface area contributed by atoms with E-state index in [0.717, 1.165) is 5.56 Å². The van der Waals surface area contributed by atoms with E-state index in [2.05, 4.69) is 5.32 Å². The highest BCUT2D eigenvalue weighted by Crippen LogP contribution is 2.16. The molecule has 0 bridgehead atoms. The number of nitrogens with two attached hydrogens (primary N) is 1. The van der Waals surface area contributed by atoms with Crippen LogP contribution in [0.4, 0.5) is 5.69 Å². The first-order valence-electron chi connectivity index (χ1n) is 5.35. The van der Waals surface area contributed by atoms with Crippen molar-refractivity contribution >= 4 is 22.9 Å². The van der Waals surface area contributed by atoms with Crippen molar-refractivity contribution in [1.82, 2.24) is 5.32 Å². The van der Waals surface area contributed by atoms with Gasteiger partial charge in [0.25, 0.3) is 5.91 Å². The van der Waals surface area contributed by atoms with Crippen LogP contribution in [0.15, 0.2) is 41.1 Å². The van der Waals surface area contributed by atoms with Crippen LogP contribution >= 0.6 is 11.3 Å². The Morgan fingerprint density at radius 1 is 1.41 bits per heavy atom. The molecule has 0 aliphatic carbocycles. The first-order valence-corrected chi connectivity index (χ1v) is 6.29. The fourth-order valence-corrected chi connectivity index (χ4v) is 2.22. The van der Waals surface area contributed by atoms with Crippen LogP contribution in [0, 0.1) is 0 Å². The van der Waals surface area contributed by atoms with Crippen LogP contribution in [-0.2, 0) is 0 Å². The van der Waals surface area contributed by atoms with Crippen molar-refractivity contribution in [3.8, 4) is 0 Å². The first-order chi connectivity index (χ1) is 8.16. The normalized spacial score (nSPS) is 12.1. The van der Waals surface area contributed by atoms with E-state index in [1.165, 1.54) is 11.3 Å². The molecule has 2 rings (SSSR count). The SMILES string of the molecule is CC(NC(=O)c1ccsc1)c1cccc(N)c1. The molecule has 1 unspecified atom stereocenters. The third-order valence-corrected chi connectivity index (χ3v) is 3.22. The minimum absolute atomic E-state index is 0.0501. The number of thiophene rings is 1. The topological polar surface area (TPSA) is 55.1 Å². The van der Waals surface area contributed by atoms with Gasteiger partial charge in [-0.1, -0.05) is 12.1 Å². The van der Waals surface area contributed by atoms with Gasteiger partial charge in [-0.3, -0.25) is 4.79 Å². The van der Waals surface area contributed by atoms with Crippen LogP contribution in [0.25, 0.3) is 0 Å². The molecule has 17 heavy (non-hydrogen) atoms. The lowest BCUT2D eigenvalue weighted by Gasteiger charge is -2.14. The van der Waals surface area contributed by atoms with Crippen molar-refractivity contribution in [2.75, 3.05) is 5.73 Å². The Bertz CT molecular complexity index is 508. The lowest BCUT2D eigenvalue weighted by Crippen LogP contribution is -2.26. The van der Waals surface area contributed by atoms with Crippen LogP contribution in [0.5, 0.6) is 0 Å². The van der Waals surface area contributed by atoms with Gasteiger partial charge in [0.2, 0.25) is 0 Å². The van der Waals surface area contributed by atoms with Gasteiger partial charge in [-0.25, -0.2) is 0 Å². The summed E-state index contributed by atoms with van der Waals surface area (Å²) in [5.74, 6) is -0.0545. The van der Waals surface area contributed by atoms with Crippen LogP contribution < -0.4 is 11.1 Å². The number of rotatable bonds is 3. The van der Waals surface area contributed by atoms with E-state index in [4.69, 9.17) is 5.73 Å². The second-order valence-electron chi connectivity index (χ2n) is 3.88. The smallest absolute Gasteiger partial charge is 0.252 e. The van der Waals surface area contributed by atoms with Gasteiger partial charge in [0.1, 0.15) is 0 Å². The summed E-state index contributed by atoms with van der Waals surface area (Å²) in [6.07, 6.45) is 0. The third kappa shape index (κ3) is 2.85. The molecular weight excluding hydrogens is 232 g/mol. The molecule has 2 aromatic rings. The minimum Gasteiger partial charge on any atom is -0.399 e. The molecule has 0 radical (unpaired) electrons. The quantitative estimate of drug-likeness (QED) is 0.818. The second kappa shape index (κ2) is 5.01. The van der Waals surface area contributed by atoms with Crippen LogP contribution in [0.3, 0.4) is 0 Å². The molecule has 0 fully saturated rings. The Morgan fingerprint density at radius 3 is 2.88 bits per heavy atom. The van der Waals surface area contributed by atoms with Crippen molar-refractivity contribution < 1.29 is 4.79 Å². The molecule has 4 heteroatoms. The Kier molecular flexibility index (Phi) is 3.44. The third-order valence-electron chi connectivity index (χ3n) is 2.54. The van der Waals surface area contributed by atoms with Gasteiger partial charge >= 0.3 is 0 Å². The van der Waals surface area contributed by atoms with Crippen molar-refractivity contribution in [3.05, 3.63) is 52.2 Å². The molecule has 1 heterocycles. The largest absolute Gasteiger partial charge is 0.399 e. The van der Waals surface area contributed by atoms with Gasteiger partial charge in [0, 0.05) is 11.1 Å². The van der Waals surface area contributed by atoms with Gasteiger partial charge in [-0.15, -0.1) is 0 Å². The maximum absolute atomic E-state index is 11.8. The van der Waals surface area contributed by atoms with E-state index in [1.807, 2.05) is 48.0 Å². The molecule has 3 N–H and O–H groups in total. The fourth-order valence-electron chi connectivity index (χ4n) is 1.59. The number of anilines is 1. The number of carbonyl (C=O) groups excluding carboxylic acids is 1. The first kappa shape index (κ1) is 11.7. The monoisotopic (exact) mass is 246 g/mol. The van der Waals surface area contributed by atoms with Crippen molar-refractivity contribution in [2.24, 2.45) is 0 Å². The zero-order chi connectivity index (χ0) is 12.3. The molecule has 3 nitrogen and oxygen atoms in total. The number of hydrogen-bond acceptors (Lipinski definition) is 3. The van der Waals surface area contributed by atoms with Gasteiger partial charge in [0.05, 0.1) is 11.6 Å². The molecule has 88 valence electrons. The Morgan fingerprint density at radius 2 is 2.24 bits per heavy atom. The molecule has 0 spiro atoms. The molecular formula is C13H14N2OS. The molecule has 1 aromatic carbocycles. The standard InChI is InChI=1S/C13H14N2OS/c1-9(10-3-2-4-12(14)7-10)15-13(16)11-5-6-17-8-11/h2-9H,14H2,1H3,(H,15,16). The highest BCUT2D eigenvalue weighted by Gasteiger charge is 2.11. The average Bonchev–Trinajstić information content (AvgIpc) is 2.82. The number of hydrogen-bond donors (Lipinski definition) is 2. The molecule has 0 saturated carbocycles. The van der Waals surface area contributed by atoms with Gasteiger partial charge < -0.3 is 11.1 Å². The minimum atomic E-state index is -0.0545. The molecule has 1 atom stereocenters. The summed E-state index contributed by atoms with van der Waals surface area (Å²) in [6.45, 7) is 1.94. The van der Waals surface area contributed by atoms with E-state index in [0.29, 0.717) is 11.3 Å². The van der Waals surface area contributed by atoms with Crippen LogP contribution in [-0.4, -0.2) is 5.91 Å². The van der Waals surface area contributed by atoms with Gasteiger partial charge in [-0.2, -0.15) is 11.3 Å². The van der Waals surface area contributed by atoms with E-state index in [-0.39, 0.29) is 11.9 Å². The maximum atomic E-state index is 11.8. The van der Waals surface area contributed by atoms with Gasteiger partial charge in [-0.05, 0) is 36.1 Å². The Labute approximate surface area is 104 Å². The van der Waals surface area contributed by atoms with E-state index in [9.17, 15) is 4.79 Å². The summed E-state index contributed by atoms with van der Waals surface area (Å²) in [5, 5.41) is 6.66. The lowest BCUT2D eigenvalue weighted by atomic mass is 10.1. The number of benzene rings is 1. The summed E-state index contributed by atoms with van der Waals surface area (Å²) in [6, 6.07) is 9.31. The molecule has 1 amide bonds.